The molecule has 1 aliphatic rings. The Morgan fingerprint density at radius 1 is 1.21 bits per heavy atom. The van der Waals surface area contributed by atoms with E-state index in [2.05, 4.69) is 15.9 Å². The van der Waals surface area contributed by atoms with E-state index in [1.807, 2.05) is 24.3 Å². The van der Waals surface area contributed by atoms with Crippen LogP contribution in [0.15, 0.2) is 40.2 Å². The number of hydrogen-bond acceptors (Lipinski definition) is 3. The summed E-state index contributed by atoms with van der Waals surface area (Å²) in [6, 6.07) is 10.9. The number of anilines is 1. The fourth-order valence-electron chi connectivity index (χ4n) is 2.19. The van der Waals surface area contributed by atoms with Crippen molar-refractivity contribution in [1.82, 2.24) is 0 Å². The van der Waals surface area contributed by atoms with Gasteiger partial charge in [-0.2, -0.15) is 0 Å². The molecule has 0 unspecified atom stereocenters. The summed E-state index contributed by atoms with van der Waals surface area (Å²) in [5.74, 6) is 0.0580. The molecule has 1 amide bonds. The minimum absolute atomic E-state index is 0.0457. The quantitative estimate of drug-likeness (QED) is 0.795. The van der Waals surface area contributed by atoms with Gasteiger partial charge < -0.3 is 4.90 Å². The fraction of sp³-hybridized carbons (Fsp3) is 0.143. The first-order valence-electron chi connectivity index (χ1n) is 5.86. The molecule has 0 saturated heterocycles. The van der Waals surface area contributed by atoms with Gasteiger partial charge in [0.1, 0.15) is 0 Å². The molecule has 0 saturated carbocycles. The van der Waals surface area contributed by atoms with Crippen molar-refractivity contribution < 1.29 is 9.59 Å². The van der Waals surface area contributed by atoms with Gasteiger partial charge in [-0.15, -0.1) is 11.3 Å². The average molecular weight is 336 g/mol. The van der Waals surface area contributed by atoms with Crippen LogP contribution in [-0.2, 0) is 0 Å². The van der Waals surface area contributed by atoms with Crippen LogP contribution in [0.3, 0.4) is 0 Å². The van der Waals surface area contributed by atoms with E-state index in [9.17, 15) is 9.59 Å². The maximum Gasteiger partial charge on any atom is 0.268 e. The Balaban J connectivity index is 2.01. The zero-order chi connectivity index (χ0) is 13.4. The third kappa shape index (κ3) is 2.24. The Morgan fingerprint density at radius 2 is 2.00 bits per heavy atom. The highest BCUT2D eigenvalue weighted by Crippen LogP contribution is 2.30. The predicted molar refractivity (Wildman–Crippen MR) is 79.1 cm³/mol. The highest BCUT2D eigenvalue weighted by Gasteiger charge is 2.28. The van der Waals surface area contributed by atoms with Gasteiger partial charge in [0, 0.05) is 18.5 Å². The molecule has 0 atom stereocenters. The molecule has 19 heavy (non-hydrogen) atoms. The number of carbonyl (C=O) groups is 2. The van der Waals surface area contributed by atoms with Gasteiger partial charge in [-0.05, 0) is 40.2 Å². The van der Waals surface area contributed by atoms with Gasteiger partial charge in [-0.3, -0.25) is 9.59 Å². The van der Waals surface area contributed by atoms with Crippen molar-refractivity contribution in [2.24, 2.45) is 0 Å². The van der Waals surface area contributed by atoms with Crippen molar-refractivity contribution in [2.75, 3.05) is 11.4 Å². The van der Waals surface area contributed by atoms with Gasteiger partial charge >= 0.3 is 0 Å². The monoisotopic (exact) mass is 335 g/mol. The lowest BCUT2D eigenvalue weighted by atomic mass is 10.0. The molecule has 3 nitrogen and oxygen atoms in total. The lowest BCUT2D eigenvalue weighted by molar-refractivity contribution is 0.0957. The number of halogens is 1. The molecule has 1 aromatic carbocycles. The largest absolute Gasteiger partial charge is 0.306 e. The zero-order valence-corrected chi connectivity index (χ0v) is 12.3. The van der Waals surface area contributed by atoms with E-state index in [0.717, 1.165) is 3.79 Å². The molecule has 96 valence electrons. The van der Waals surface area contributed by atoms with E-state index in [1.54, 1.807) is 17.0 Å². The summed E-state index contributed by atoms with van der Waals surface area (Å²) in [6.45, 7) is 0.449. The zero-order valence-electron chi connectivity index (χ0n) is 9.93. The van der Waals surface area contributed by atoms with Crippen molar-refractivity contribution in [3.05, 3.63) is 50.6 Å². The van der Waals surface area contributed by atoms with E-state index in [1.165, 1.54) is 11.3 Å². The maximum atomic E-state index is 12.5. The Bertz CT molecular complexity index is 665. The summed E-state index contributed by atoms with van der Waals surface area (Å²) in [7, 11) is 0. The number of ketones is 1. The molecule has 1 aliphatic heterocycles. The van der Waals surface area contributed by atoms with Crippen molar-refractivity contribution in [1.29, 1.82) is 0 Å². The first-order valence-corrected chi connectivity index (χ1v) is 7.47. The van der Waals surface area contributed by atoms with Crippen LogP contribution in [0.2, 0.25) is 0 Å². The van der Waals surface area contributed by atoms with Gasteiger partial charge in [-0.1, -0.05) is 12.1 Å². The lowest BCUT2D eigenvalue weighted by Gasteiger charge is -2.28. The van der Waals surface area contributed by atoms with Gasteiger partial charge in [-0.25, -0.2) is 0 Å². The van der Waals surface area contributed by atoms with Gasteiger partial charge in [0.15, 0.2) is 5.78 Å². The molecule has 2 aromatic rings. The number of Topliss-reactive ketones (excluding diaryl/α,β-unsaturated/α-hetero) is 1. The summed E-state index contributed by atoms with van der Waals surface area (Å²) in [6.07, 6.45) is 0.384. The second-order valence-electron chi connectivity index (χ2n) is 4.25. The Kier molecular flexibility index (Phi) is 3.24. The third-order valence-corrected chi connectivity index (χ3v) is 4.70. The number of hydrogen-bond donors (Lipinski definition) is 0. The maximum absolute atomic E-state index is 12.5. The Hall–Kier alpha value is -1.46. The van der Waals surface area contributed by atoms with Crippen molar-refractivity contribution in [2.45, 2.75) is 6.42 Å². The number of amides is 1. The lowest BCUT2D eigenvalue weighted by Crippen LogP contribution is -2.36. The molecule has 5 heteroatoms. The van der Waals surface area contributed by atoms with E-state index < -0.39 is 0 Å². The number of carbonyl (C=O) groups excluding carboxylic acids is 2. The molecule has 0 spiro atoms. The summed E-state index contributed by atoms with van der Waals surface area (Å²) < 4.78 is 0.928. The van der Waals surface area contributed by atoms with E-state index >= 15 is 0 Å². The molecule has 0 N–H and O–H groups in total. The normalized spacial score (nSPS) is 14.4. The van der Waals surface area contributed by atoms with E-state index in [4.69, 9.17) is 0 Å². The fourth-order valence-corrected chi connectivity index (χ4v) is 3.52. The van der Waals surface area contributed by atoms with Gasteiger partial charge in [0.2, 0.25) is 0 Å². The van der Waals surface area contributed by atoms with Crippen molar-refractivity contribution in [3.63, 3.8) is 0 Å². The second kappa shape index (κ2) is 4.90. The van der Waals surface area contributed by atoms with E-state index in [0.29, 0.717) is 29.1 Å². The second-order valence-corrected chi connectivity index (χ2v) is 6.71. The van der Waals surface area contributed by atoms with Gasteiger partial charge in [0.25, 0.3) is 5.91 Å². The van der Waals surface area contributed by atoms with Crippen LogP contribution in [0.1, 0.15) is 26.5 Å². The molecular weight excluding hydrogens is 326 g/mol. The van der Waals surface area contributed by atoms with Crippen LogP contribution in [0.5, 0.6) is 0 Å². The topological polar surface area (TPSA) is 37.4 Å². The number of para-hydroxylation sites is 1. The van der Waals surface area contributed by atoms with Crippen LogP contribution < -0.4 is 4.90 Å². The van der Waals surface area contributed by atoms with E-state index in [-0.39, 0.29) is 11.7 Å². The van der Waals surface area contributed by atoms with Crippen molar-refractivity contribution in [3.8, 4) is 0 Å². The number of nitrogens with zero attached hydrogens (tertiary/aromatic N) is 1. The standard InChI is InChI=1S/C14H10BrNO2S/c15-13-6-5-12(19-13)14(18)16-8-7-11(17)9-3-1-2-4-10(9)16/h1-6H,7-8H2. The first kappa shape index (κ1) is 12.6. The molecule has 2 heterocycles. The van der Waals surface area contributed by atoms with Crippen LogP contribution in [0, 0.1) is 0 Å². The number of rotatable bonds is 1. The summed E-state index contributed by atoms with van der Waals surface area (Å²) in [4.78, 5) is 26.7. The van der Waals surface area contributed by atoms with Gasteiger partial charge in [0.05, 0.1) is 14.4 Å². The van der Waals surface area contributed by atoms with Crippen LogP contribution in [0.4, 0.5) is 5.69 Å². The SMILES string of the molecule is O=C1CCN(C(=O)c2ccc(Br)s2)c2ccccc21. The molecular formula is C14H10BrNO2S. The van der Waals surface area contributed by atoms with Crippen LogP contribution in [0.25, 0.3) is 0 Å². The minimum atomic E-state index is -0.0457. The summed E-state index contributed by atoms with van der Waals surface area (Å²) in [5.41, 5.74) is 1.35. The summed E-state index contributed by atoms with van der Waals surface area (Å²) >= 11 is 4.76. The first-order chi connectivity index (χ1) is 9.16. The minimum Gasteiger partial charge on any atom is -0.306 e. The number of thiophene rings is 1. The highest BCUT2D eigenvalue weighted by atomic mass is 79.9. The van der Waals surface area contributed by atoms with Crippen LogP contribution >= 0.6 is 27.3 Å². The smallest absolute Gasteiger partial charge is 0.268 e. The predicted octanol–water partition coefficient (Wildman–Crippen LogP) is 3.74. The highest BCUT2D eigenvalue weighted by molar-refractivity contribution is 9.11. The molecule has 0 fully saturated rings. The third-order valence-electron chi connectivity index (χ3n) is 3.09. The summed E-state index contributed by atoms with van der Waals surface area (Å²) in [5, 5.41) is 0. The molecule has 1 aromatic heterocycles. The number of benzene rings is 1. The Labute approximate surface area is 123 Å². The molecule has 0 bridgehead atoms. The van der Waals surface area contributed by atoms with Crippen LogP contribution in [-0.4, -0.2) is 18.2 Å². The number of fused-ring (bicyclic) bond motifs is 1. The molecule has 0 aliphatic carbocycles. The van der Waals surface area contributed by atoms with Crippen molar-refractivity contribution >= 4 is 44.6 Å². The molecule has 3 rings (SSSR count). The molecule has 0 radical (unpaired) electrons. The average Bonchev–Trinajstić information content (AvgIpc) is 2.86. The Morgan fingerprint density at radius 3 is 2.74 bits per heavy atom.